The lowest BCUT2D eigenvalue weighted by Crippen LogP contribution is -2.43. The third-order valence-corrected chi connectivity index (χ3v) is 6.97. The van der Waals surface area contributed by atoms with E-state index >= 15 is 0 Å². The maximum Gasteiger partial charge on any atom is 0.244 e. The Bertz CT molecular complexity index is 894. The van der Waals surface area contributed by atoms with Crippen LogP contribution >= 0.6 is 11.3 Å². The molecule has 1 aliphatic rings. The van der Waals surface area contributed by atoms with Crippen LogP contribution in [0.5, 0.6) is 0 Å². The van der Waals surface area contributed by atoms with Crippen molar-refractivity contribution in [3.63, 3.8) is 0 Å². The maximum atomic E-state index is 13.1. The molecule has 3 rings (SSSR count). The molecular weight excluding hydrogens is 377 g/mol. The van der Waals surface area contributed by atoms with Gasteiger partial charge in [0.25, 0.3) is 0 Å². The number of hydrogen-bond acceptors (Lipinski definition) is 5. The first-order chi connectivity index (χ1) is 12.3. The predicted octanol–water partition coefficient (Wildman–Crippen LogP) is 3.20. The smallest absolute Gasteiger partial charge is 0.244 e. The van der Waals surface area contributed by atoms with Gasteiger partial charge in [0, 0.05) is 11.9 Å². The third-order valence-electron chi connectivity index (χ3n) is 4.27. The summed E-state index contributed by atoms with van der Waals surface area (Å²) in [5, 5.41) is 5.06. The summed E-state index contributed by atoms with van der Waals surface area (Å²) in [5.41, 5.74) is 0.882. The summed E-state index contributed by atoms with van der Waals surface area (Å²) in [7, 11) is -3.86. The largest absolute Gasteiger partial charge is 0.301 e. The lowest BCUT2D eigenvalue weighted by Gasteiger charge is -2.23. The molecule has 1 saturated heterocycles. The molecule has 1 N–H and O–H groups in total. The molecule has 1 fully saturated rings. The van der Waals surface area contributed by atoms with Crippen molar-refractivity contribution < 1.29 is 17.6 Å². The monoisotopic (exact) mass is 397 g/mol. The van der Waals surface area contributed by atoms with Gasteiger partial charge in [-0.05, 0) is 43.0 Å². The molecule has 0 spiro atoms. The standard InChI is InChI=1S/C17H20FN3O3S2/c1-11(2)14-10-25-17(19-14)20-16(22)15-4-3-9-21(15)26(23,24)13-7-5-12(18)6-8-13/h5-8,10-11,15H,3-4,9H2,1-2H3,(H,19,20,22). The van der Waals surface area contributed by atoms with E-state index in [1.165, 1.54) is 27.8 Å². The first kappa shape index (κ1) is 18.9. The molecule has 1 aliphatic heterocycles. The number of anilines is 1. The first-order valence-corrected chi connectivity index (χ1v) is 10.6. The van der Waals surface area contributed by atoms with Crippen molar-refractivity contribution in [2.75, 3.05) is 11.9 Å². The van der Waals surface area contributed by atoms with Crippen LogP contribution in [0.1, 0.15) is 38.3 Å². The van der Waals surface area contributed by atoms with E-state index in [1.807, 2.05) is 19.2 Å². The highest BCUT2D eigenvalue weighted by atomic mass is 32.2. The van der Waals surface area contributed by atoms with E-state index in [0.717, 1.165) is 17.8 Å². The molecule has 1 amide bonds. The number of amides is 1. The van der Waals surface area contributed by atoms with E-state index in [0.29, 0.717) is 18.0 Å². The number of benzene rings is 1. The van der Waals surface area contributed by atoms with Crippen LogP contribution in [-0.2, 0) is 14.8 Å². The van der Waals surface area contributed by atoms with Gasteiger partial charge in [0.2, 0.25) is 15.9 Å². The van der Waals surface area contributed by atoms with Crippen LogP contribution in [0.2, 0.25) is 0 Å². The Labute approximate surface area is 156 Å². The maximum absolute atomic E-state index is 13.1. The number of hydrogen-bond donors (Lipinski definition) is 1. The highest BCUT2D eigenvalue weighted by Crippen LogP contribution is 2.28. The minimum absolute atomic E-state index is 0.0186. The third kappa shape index (κ3) is 3.79. The molecule has 0 aliphatic carbocycles. The zero-order chi connectivity index (χ0) is 18.9. The van der Waals surface area contributed by atoms with Gasteiger partial charge in [-0.1, -0.05) is 13.8 Å². The van der Waals surface area contributed by atoms with Crippen molar-refractivity contribution in [1.82, 2.24) is 9.29 Å². The summed E-state index contributed by atoms with van der Waals surface area (Å²) in [6.45, 7) is 4.27. The van der Waals surface area contributed by atoms with Crippen LogP contribution in [0.15, 0.2) is 34.5 Å². The molecule has 1 atom stereocenters. The van der Waals surface area contributed by atoms with Crippen LogP contribution < -0.4 is 5.32 Å². The molecule has 2 heterocycles. The molecule has 1 aromatic heterocycles. The fraction of sp³-hybridized carbons (Fsp3) is 0.412. The lowest BCUT2D eigenvalue weighted by molar-refractivity contribution is -0.119. The van der Waals surface area contributed by atoms with E-state index in [4.69, 9.17) is 0 Å². The van der Waals surface area contributed by atoms with Crippen molar-refractivity contribution in [3.8, 4) is 0 Å². The Morgan fingerprint density at radius 2 is 2.04 bits per heavy atom. The Kier molecular flexibility index (Phi) is 5.40. The van der Waals surface area contributed by atoms with Crippen LogP contribution in [0.4, 0.5) is 9.52 Å². The van der Waals surface area contributed by atoms with E-state index in [9.17, 15) is 17.6 Å². The Morgan fingerprint density at radius 3 is 2.65 bits per heavy atom. The molecule has 2 aromatic rings. The number of nitrogens with zero attached hydrogens (tertiary/aromatic N) is 2. The second kappa shape index (κ2) is 7.42. The molecule has 9 heteroatoms. The van der Waals surface area contributed by atoms with Gasteiger partial charge in [-0.25, -0.2) is 17.8 Å². The average Bonchev–Trinajstić information content (AvgIpc) is 3.24. The summed E-state index contributed by atoms with van der Waals surface area (Å²) in [6, 6.07) is 3.83. The molecular formula is C17H20FN3O3S2. The molecule has 0 saturated carbocycles. The molecule has 0 radical (unpaired) electrons. The lowest BCUT2D eigenvalue weighted by atomic mass is 10.2. The van der Waals surface area contributed by atoms with Gasteiger partial charge in [-0.15, -0.1) is 11.3 Å². The average molecular weight is 397 g/mol. The second-order valence-electron chi connectivity index (χ2n) is 6.45. The van der Waals surface area contributed by atoms with Crippen LogP contribution in [0, 0.1) is 5.82 Å². The number of halogens is 1. The number of thiazole rings is 1. The van der Waals surface area contributed by atoms with Gasteiger partial charge >= 0.3 is 0 Å². The van der Waals surface area contributed by atoms with E-state index in [2.05, 4.69) is 10.3 Å². The SMILES string of the molecule is CC(C)c1csc(NC(=O)C2CCCN2S(=O)(=O)c2ccc(F)cc2)n1. The summed E-state index contributed by atoms with van der Waals surface area (Å²) in [4.78, 5) is 17.0. The molecule has 26 heavy (non-hydrogen) atoms. The number of rotatable bonds is 5. The van der Waals surface area contributed by atoms with Crippen LogP contribution in [0.25, 0.3) is 0 Å². The minimum Gasteiger partial charge on any atom is -0.301 e. The highest BCUT2D eigenvalue weighted by molar-refractivity contribution is 7.89. The number of carbonyl (C=O) groups is 1. The molecule has 1 unspecified atom stereocenters. The first-order valence-electron chi connectivity index (χ1n) is 8.32. The highest BCUT2D eigenvalue weighted by Gasteiger charge is 2.39. The number of aromatic nitrogens is 1. The summed E-state index contributed by atoms with van der Waals surface area (Å²) in [6.07, 6.45) is 1.03. The van der Waals surface area contributed by atoms with E-state index < -0.39 is 27.8 Å². The summed E-state index contributed by atoms with van der Waals surface area (Å²) >= 11 is 1.32. The minimum atomic E-state index is -3.86. The topological polar surface area (TPSA) is 79.4 Å². The van der Waals surface area contributed by atoms with Gasteiger partial charge in [-0.2, -0.15) is 4.31 Å². The normalized spacial score (nSPS) is 18.4. The number of carbonyl (C=O) groups excluding carboxylic acids is 1. The van der Waals surface area contributed by atoms with E-state index in [-0.39, 0.29) is 17.4 Å². The van der Waals surface area contributed by atoms with Gasteiger partial charge in [0.15, 0.2) is 5.13 Å². The fourth-order valence-corrected chi connectivity index (χ4v) is 5.36. The Balaban J connectivity index is 1.78. The summed E-state index contributed by atoms with van der Waals surface area (Å²) < 4.78 is 39.9. The Morgan fingerprint density at radius 1 is 1.35 bits per heavy atom. The van der Waals surface area contributed by atoms with E-state index in [1.54, 1.807) is 0 Å². The van der Waals surface area contributed by atoms with Gasteiger partial charge in [-0.3, -0.25) is 4.79 Å². The quantitative estimate of drug-likeness (QED) is 0.840. The predicted molar refractivity (Wildman–Crippen MR) is 98.1 cm³/mol. The zero-order valence-corrected chi connectivity index (χ0v) is 16.1. The Hall–Kier alpha value is -1.84. The molecule has 140 valence electrons. The van der Waals surface area contributed by atoms with Crippen LogP contribution in [-0.4, -0.2) is 36.2 Å². The van der Waals surface area contributed by atoms with Crippen LogP contribution in [0.3, 0.4) is 0 Å². The second-order valence-corrected chi connectivity index (χ2v) is 9.20. The fourth-order valence-electron chi connectivity index (χ4n) is 2.83. The van der Waals surface area contributed by atoms with Gasteiger partial charge in [0.05, 0.1) is 10.6 Å². The van der Waals surface area contributed by atoms with Gasteiger partial charge < -0.3 is 5.32 Å². The van der Waals surface area contributed by atoms with Crippen molar-refractivity contribution in [2.24, 2.45) is 0 Å². The molecule has 0 bridgehead atoms. The van der Waals surface area contributed by atoms with Crippen molar-refractivity contribution >= 4 is 32.4 Å². The molecule has 6 nitrogen and oxygen atoms in total. The van der Waals surface area contributed by atoms with Gasteiger partial charge in [0.1, 0.15) is 11.9 Å². The molecule has 1 aromatic carbocycles. The van der Waals surface area contributed by atoms with Crippen molar-refractivity contribution in [1.29, 1.82) is 0 Å². The van der Waals surface area contributed by atoms with Crippen molar-refractivity contribution in [3.05, 3.63) is 41.2 Å². The van der Waals surface area contributed by atoms with Crippen molar-refractivity contribution in [2.45, 2.75) is 43.5 Å². The summed E-state index contributed by atoms with van der Waals surface area (Å²) in [5.74, 6) is -0.652. The number of sulfonamides is 1. The zero-order valence-electron chi connectivity index (χ0n) is 14.5. The number of nitrogens with one attached hydrogen (secondary N) is 1.